The Balaban J connectivity index is 2.19. The van der Waals surface area contributed by atoms with E-state index in [1.165, 1.54) is 0 Å². The van der Waals surface area contributed by atoms with Crippen LogP contribution >= 0.6 is 23.2 Å². The van der Waals surface area contributed by atoms with E-state index in [1.54, 1.807) is 0 Å². The molecule has 2 atom stereocenters. The van der Waals surface area contributed by atoms with Gasteiger partial charge in [0.25, 0.3) is 0 Å². The fourth-order valence-corrected chi connectivity index (χ4v) is 2.73. The maximum Gasteiger partial charge on any atom is 0.0453 e. The molecule has 1 aromatic rings. The number of rotatable bonds is 3. The van der Waals surface area contributed by atoms with E-state index in [4.69, 9.17) is 28.9 Å². The fourth-order valence-electron chi connectivity index (χ4n) is 2.20. The predicted octanol–water partition coefficient (Wildman–Crippen LogP) is 3.66. The van der Waals surface area contributed by atoms with Crippen molar-refractivity contribution < 1.29 is 0 Å². The van der Waals surface area contributed by atoms with Crippen molar-refractivity contribution >= 4 is 23.2 Å². The van der Waals surface area contributed by atoms with Crippen LogP contribution in [0.25, 0.3) is 0 Å². The summed E-state index contributed by atoms with van der Waals surface area (Å²) in [5.41, 5.74) is 7.19. The van der Waals surface area contributed by atoms with E-state index >= 15 is 0 Å². The van der Waals surface area contributed by atoms with Crippen molar-refractivity contribution in [2.75, 3.05) is 0 Å². The zero-order valence-corrected chi connectivity index (χ0v) is 10.3. The van der Waals surface area contributed by atoms with Gasteiger partial charge in [0.05, 0.1) is 0 Å². The minimum absolute atomic E-state index is 0.0661. The number of halogens is 2. The number of hydrogen-bond donors (Lipinski definition) is 1. The van der Waals surface area contributed by atoms with Crippen molar-refractivity contribution in [2.24, 2.45) is 11.7 Å². The quantitative estimate of drug-likeness (QED) is 0.862. The molecule has 0 aliphatic heterocycles. The van der Waals surface area contributed by atoms with Crippen molar-refractivity contribution in [3.05, 3.63) is 33.8 Å². The first-order chi connectivity index (χ1) is 7.07. The summed E-state index contributed by atoms with van der Waals surface area (Å²) in [4.78, 5) is 0. The highest BCUT2D eigenvalue weighted by atomic mass is 35.5. The smallest absolute Gasteiger partial charge is 0.0453 e. The van der Waals surface area contributed by atoms with Gasteiger partial charge in [0.1, 0.15) is 0 Å². The van der Waals surface area contributed by atoms with Crippen LogP contribution in [0.5, 0.6) is 0 Å². The molecule has 0 heterocycles. The summed E-state index contributed by atoms with van der Waals surface area (Å²) in [6.45, 7) is 2.17. The summed E-state index contributed by atoms with van der Waals surface area (Å²) in [7, 11) is 0. The molecule has 1 aliphatic carbocycles. The molecule has 0 aromatic heterocycles. The molecule has 82 valence electrons. The average Bonchev–Trinajstić information content (AvgIpc) is 2.84. The lowest BCUT2D eigenvalue weighted by atomic mass is 10.0. The van der Waals surface area contributed by atoms with Gasteiger partial charge in [0.15, 0.2) is 0 Å². The largest absolute Gasteiger partial charge is 0.325 e. The molecule has 0 saturated heterocycles. The van der Waals surface area contributed by atoms with Crippen molar-refractivity contribution in [2.45, 2.75) is 31.7 Å². The highest BCUT2D eigenvalue weighted by molar-refractivity contribution is 6.36. The molecule has 0 bridgehead atoms. The van der Waals surface area contributed by atoms with Crippen LogP contribution in [0.3, 0.4) is 0 Å². The summed E-state index contributed by atoms with van der Waals surface area (Å²) in [6, 6.07) is 5.60. The lowest BCUT2D eigenvalue weighted by Gasteiger charge is -2.13. The molecule has 0 amide bonds. The zero-order chi connectivity index (χ0) is 11.1. The molecular formula is C12H15Cl2N. The Morgan fingerprint density at radius 1 is 1.40 bits per heavy atom. The highest BCUT2D eigenvalue weighted by Crippen LogP contribution is 2.47. The minimum atomic E-state index is -0.0661. The molecule has 0 spiro atoms. The van der Waals surface area contributed by atoms with Gasteiger partial charge < -0.3 is 5.73 Å². The summed E-state index contributed by atoms with van der Waals surface area (Å²) >= 11 is 12.2. The van der Waals surface area contributed by atoms with Gasteiger partial charge in [0, 0.05) is 15.6 Å². The predicted molar refractivity (Wildman–Crippen MR) is 65.5 cm³/mol. The first-order valence-corrected chi connectivity index (χ1v) is 6.04. The molecule has 1 aliphatic rings. The van der Waals surface area contributed by atoms with E-state index < -0.39 is 0 Å². The Morgan fingerprint density at radius 3 is 2.47 bits per heavy atom. The topological polar surface area (TPSA) is 26.0 Å². The van der Waals surface area contributed by atoms with Crippen molar-refractivity contribution in [1.29, 1.82) is 0 Å². The van der Waals surface area contributed by atoms with Crippen molar-refractivity contribution in [1.82, 2.24) is 0 Å². The maximum atomic E-state index is 6.25. The first kappa shape index (κ1) is 11.3. The van der Waals surface area contributed by atoms with Crippen molar-refractivity contribution in [3.8, 4) is 0 Å². The molecule has 1 aromatic carbocycles. The second kappa shape index (κ2) is 3.97. The van der Waals surface area contributed by atoms with Gasteiger partial charge >= 0.3 is 0 Å². The van der Waals surface area contributed by atoms with Gasteiger partial charge in [-0.05, 0) is 36.5 Å². The van der Waals surface area contributed by atoms with E-state index in [2.05, 4.69) is 6.92 Å². The molecule has 1 fully saturated rings. The highest BCUT2D eigenvalue weighted by Gasteiger charge is 2.49. The monoisotopic (exact) mass is 243 g/mol. The number of benzene rings is 1. The van der Waals surface area contributed by atoms with Crippen LogP contribution < -0.4 is 5.73 Å². The fraction of sp³-hybridized carbons (Fsp3) is 0.500. The second-order valence-electron chi connectivity index (χ2n) is 4.42. The van der Waals surface area contributed by atoms with Gasteiger partial charge in [-0.2, -0.15) is 0 Å². The van der Waals surface area contributed by atoms with Crippen molar-refractivity contribution in [3.63, 3.8) is 0 Å². The lowest BCUT2D eigenvalue weighted by molar-refractivity contribution is 0.579. The second-order valence-corrected chi connectivity index (χ2v) is 5.23. The Bertz CT molecular complexity index is 358. The van der Waals surface area contributed by atoms with E-state index in [-0.39, 0.29) is 5.54 Å². The standard InChI is InChI=1S/C12H15Cl2N/c1-2-8-6-12(8,15)7-9-10(13)4-3-5-11(9)14/h3-5,8H,2,6-7,15H2,1H3. The van der Waals surface area contributed by atoms with Crippen LogP contribution in [0.15, 0.2) is 18.2 Å². The molecule has 2 N–H and O–H groups in total. The van der Waals surface area contributed by atoms with E-state index in [0.717, 1.165) is 34.9 Å². The summed E-state index contributed by atoms with van der Waals surface area (Å²) in [6.07, 6.45) is 3.02. The summed E-state index contributed by atoms with van der Waals surface area (Å²) in [5, 5.41) is 1.46. The SMILES string of the molecule is CCC1CC1(N)Cc1c(Cl)cccc1Cl. The molecule has 0 radical (unpaired) electrons. The van der Waals surface area contributed by atoms with Gasteiger partial charge in [-0.15, -0.1) is 0 Å². The average molecular weight is 244 g/mol. The van der Waals surface area contributed by atoms with E-state index in [9.17, 15) is 0 Å². The van der Waals surface area contributed by atoms with Crippen LogP contribution in [-0.2, 0) is 6.42 Å². The molecule has 2 rings (SSSR count). The Labute approximate surface area is 101 Å². The van der Waals surface area contributed by atoms with Crippen LogP contribution in [0, 0.1) is 5.92 Å². The first-order valence-electron chi connectivity index (χ1n) is 5.28. The Morgan fingerprint density at radius 2 is 2.00 bits per heavy atom. The zero-order valence-electron chi connectivity index (χ0n) is 8.76. The maximum absolute atomic E-state index is 6.25. The van der Waals surface area contributed by atoms with E-state index in [0.29, 0.717) is 5.92 Å². The van der Waals surface area contributed by atoms with Gasteiger partial charge in [-0.3, -0.25) is 0 Å². The van der Waals surface area contributed by atoms with Crippen LogP contribution in [0.4, 0.5) is 0 Å². The van der Waals surface area contributed by atoms with Gasteiger partial charge in [-0.25, -0.2) is 0 Å². The third-order valence-corrected chi connectivity index (χ3v) is 4.05. The van der Waals surface area contributed by atoms with Crippen LogP contribution in [-0.4, -0.2) is 5.54 Å². The van der Waals surface area contributed by atoms with Crippen LogP contribution in [0.1, 0.15) is 25.3 Å². The third kappa shape index (κ3) is 2.15. The minimum Gasteiger partial charge on any atom is -0.325 e. The molecule has 1 saturated carbocycles. The number of hydrogen-bond acceptors (Lipinski definition) is 1. The molecule has 15 heavy (non-hydrogen) atoms. The summed E-state index contributed by atoms with van der Waals surface area (Å²) < 4.78 is 0. The van der Waals surface area contributed by atoms with Gasteiger partial charge in [-0.1, -0.05) is 42.6 Å². The molecule has 3 heteroatoms. The van der Waals surface area contributed by atoms with Crippen LogP contribution in [0.2, 0.25) is 10.0 Å². The third-order valence-electron chi connectivity index (χ3n) is 3.34. The van der Waals surface area contributed by atoms with Gasteiger partial charge in [0.2, 0.25) is 0 Å². The van der Waals surface area contributed by atoms with E-state index in [1.807, 2.05) is 18.2 Å². The Kier molecular flexibility index (Phi) is 2.98. The normalized spacial score (nSPS) is 29.2. The molecular weight excluding hydrogens is 229 g/mol. The number of nitrogens with two attached hydrogens (primary N) is 1. The summed E-state index contributed by atoms with van der Waals surface area (Å²) in [5.74, 6) is 0.629. The molecule has 2 unspecified atom stereocenters. The Hall–Kier alpha value is -0.240. The molecule has 1 nitrogen and oxygen atoms in total. The lowest BCUT2D eigenvalue weighted by Crippen LogP contribution is -2.28.